The van der Waals surface area contributed by atoms with E-state index in [1.807, 2.05) is 0 Å². The van der Waals surface area contributed by atoms with Crippen LogP contribution >= 0.6 is 0 Å². The molecule has 0 aromatic heterocycles. The molecule has 102 valence electrons. The third-order valence-electron chi connectivity index (χ3n) is 3.61. The van der Waals surface area contributed by atoms with Crippen LogP contribution in [0.2, 0.25) is 0 Å². The molecule has 0 saturated heterocycles. The molecule has 0 heterocycles. The Morgan fingerprint density at radius 1 is 0.619 bits per heavy atom. The van der Waals surface area contributed by atoms with E-state index in [1.54, 1.807) is 0 Å². The molecule has 4 rings (SSSR count). The van der Waals surface area contributed by atoms with Gasteiger partial charge in [0.05, 0.1) is 0 Å². The Balaban J connectivity index is 0.000000147. The maximum absolute atomic E-state index is 2.18. The molecular formula is C20H18Zr. The molecule has 0 saturated carbocycles. The standard InChI is InChI=1S/2C10H9.Zr/c2*1-2-6-9(5-1)10-7-3-4-8-10;/h2*1-7H,8H2;/q2*-1;+2. The van der Waals surface area contributed by atoms with Crippen molar-refractivity contribution in [3.8, 4) is 0 Å². The van der Waals surface area contributed by atoms with E-state index in [9.17, 15) is 0 Å². The molecule has 2 aromatic carbocycles. The summed E-state index contributed by atoms with van der Waals surface area (Å²) in [4.78, 5) is 0. The summed E-state index contributed by atoms with van der Waals surface area (Å²) in [6, 6.07) is 16.9. The molecule has 0 radical (unpaired) electrons. The molecule has 21 heavy (non-hydrogen) atoms. The van der Waals surface area contributed by atoms with E-state index in [0.717, 1.165) is 12.8 Å². The van der Waals surface area contributed by atoms with Gasteiger partial charge in [-0.3, -0.25) is 0 Å². The van der Waals surface area contributed by atoms with Crippen LogP contribution < -0.4 is 0 Å². The van der Waals surface area contributed by atoms with Gasteiger partial charge in [-0.2, -0.15) is 24.3 Å². The molecule has 0 unspecified atom stereocenters. The van der Waals surface area contributed by atoms with Crippen LogP contribution in [0.1, 0.15) is 24.0 Å². The predicted molar refractivity (Wildman–Crippen MR) is 87.5 cm³/mol. The Morgan fingerprint density at radius 2 is 1.00 bits per heavy atom. The van der Waals surface area contributed by atoms with Crippen molar-refractivity contribution in [2.24, 2.45) is 0 Å². The van der Waals surface area contributed by atoms with Crippen molar-refractivity contribution in [1.29, 1.82) is 0 Å². The maximum atomic E-state index is 2.18. The zero-order valence-electron chi connectivity index (χ0n) is 12.0. The largest absolute Gasteiger partial charge is 2.00 e. The molecule has 0 fully saturated rings. The van der Waals surface area contributed by atoms with Crippen LogP contribution in [0.15, 0.2) is 85.0 Å². The molecule has 2 aliphatic rings. The van der Waals surface area contributed by atoms with Gasteiger partial charge in [-0.1, -0.05) is 12.2 Å². The van der Waals surface area contributed by atoms with E-state index in [-0.39, 0.29) is 26.2 Å². The summed E-state index contributed by atoms with van der Waals surface area (Å²) in [5.41, 5.74) is 5.60. The van der Waals surface area contributed by atoms with Crippen molar-refractivity contribution < 1.29 is 26.2 Å². The van der Waals surface area contributed by atoms with Crippen molar-refractivity contribution in [2.75, 3.05) is 0 Å². The third-order valence-corrected chi connectivity index (χ3v) is 3.61. The van der Waals surface area contributed by atoms with Gasteiger partial charge in [0.1, 0.15) is 0 Å². The van der Waals surface area contributed by atoms with E-state index in [4.69, 9.17) is 0 Å². The summed E-state index contributed by atoms with van der Waals surface area (Å²) in [5, 5.41) is 0. The monoisotopic (exact) mass is 348 g/mol. The third kappa shape index (κ3) is 4.25. The van der Waals surface area contributed by atoms with Gasteiger partial charge in [0.2, 0.25) is 0 Å². The van der Waals surface area contributed by atoms with Gasteiger partial charge >= 0.3 is 26.2 Å². The van der Waals surface area contributed by atoms with Crippen LogP contribution in [-0.4, -0.2) is 0 Å². The summed E-state index contributed by atoms with van der Waals surface area (Å²) in [5.74, 6) is 0. The molecule has 2 aromatic rings. The first kappa shape index (κ1) is 15.9. The van der Waals surface area contributed by atoms with Crippen molar-refractivity contribution in [1.82, 2.24) is 0 Å². The second kappa shape index (κ2) is 8.10. The molecule has 0 bridgehead atoms. The predicted octanol–water partition coefficient (Wildman–Crippen LogP) is 5.50. The summed E-state index contributed by atoms with van der Waals surface area (Å²) < 4.78 is 0. The average Bonchev–Trinajstić information content (AvgIpc) is 3.29. The van der Waals surface area contributed by atoms with E-state index < -0.39 is 0 Å². The van der Waals surface area contributed by atoms with Crippen LogP contribution in [0, 0.1) is 0 Å². The van der Waals surface area contributed by atoms with Crippen LogP contribution in [0.5, 0.6) is 0 Å². The maximum Gasteiger partial charge on any atom is 2.00 e. The molecule has 0 spiro atoms. The summed E-state index contributed by atoms with van der Waals surface area (Å²) in [6.07, 6.45) is 15.1. The fourth-order valence-electron chi connectivity index (χ4n) is 2.50. The van der Waals surface area contributed by atoms with Crippen molar-refractivity contribution in [3.05, 3.63) is 96.1 Å². The topological polar surface area (TPSA) is 0 Å². The first-order chi connectivity index (χ1) is 9.93. The summed E-state index contributed by atoms with van der Waals surface area (Å²) in [7, 11) is 0. The van der Waals surface area contributed by atoms with Crippen molar-refractivity contribution in [2.45, 2.75) is 12.8 Å². The normalized spacial score (nSPS) is 15.0. The Bertz CT molecular complexity index is 587. The van der Waals surface area contributed by atoms with Gasteiger partial charge < -0.3 is 0 Å². The first-order valence-corrected chi connectivity index (χ1v) is 7.09. The van der Waals surface area contributed by atoms with Gasteiger partial charge in [-0.25, -0.2) is 0 Å². The van der Waals surface area contributed by atoms with Crippen LogP contribution in [0.3, 0.4) is 0 Å². The zero-order chi connectivity index (χ0) is 13.6. The van der Waals surface area contributed by atoms with Crippen LogP contribution in [0.4, 0.5) is 0 Å². The number of hydrogen-bond donors (Lipinski definition) is 0. The SMILES string of the molecule is C1=CCC([c-]2cccc2)=C1.C1=CCC([c-]2cccc2)=C1.[Zr+2]. The second-order valence-electron chi connectivity index (χ2n) is 5.00. The van der Waals surface area contributed by atoms with Crippen molar-refractivity contribution >= 4 is 11.1 Å². The van der Waals surface area contributed by atoms with Gasteiger partial charge in [0.15, 0.2) is 0 Å². The second-order valence-corrected chi connectivity index (χ2v) is 5.00. The van der Waals surface area contributed by atoms with Crippen LogP contribution in [0.25, 0.3) is 11.1 Å². The summed E-state index contributed by atoms with van der Waals surface area (Å²) in [6.45, 7) is 0. The summed E-state index contributed by atoms with van der Waals surface area (Å²) >= 11 is 0. The number of hydrogen-bond acceptors (Lipinski definition) is 0. The minimum absolute atomic E-state index is 0. The minimum atomic E-state index is 0. The van der Waals surface area contributed by atoms with Crippen molar-refractivity contribution in [3.63, 3.8) is 0 Å². The zero-order valence-corrected chi connectivity index (χ0v) is 14.5. The van der Waals surface area contributed by atoms with Crippen LogP contribution in [-0.2, 0) is 26.2 Å². The average molecular weight is 350 g/mol. The fraction of sp³-hybridized carbons (Fsp3) is 0.100. The fourth-order valence-corrected chi connectivity index (χ4v) is 2.50. The van der Waals surface area contributed by atoms with E-state index in [2.05, 4.69) is 85.0 Å². The Morgan fingerprint density at radius 3 is 1.29 bits per heavy atom. The Kier molecular flexibility index (Phi) is 6.14. The Hall–Kier alpha value is -1.46. The molecule has 2 aliphatic carbocycles. The van der Waals surface area contributed by atoms with Gasteiger partial charge in [0.25, 0.3) is 0 Å². The van der Waals surface area contributed by atoms with Gasteiger partial charge in [0, 0.05) is 0 Å². The number of allylic oxidation sites excluding steroid dienone is 8. The molecular weight excluding hydrogens is 331 g/mol. The first-order valence-electron chi connectivity index (χ1n) is 7.09. The molecule has 0 atom stereocenters. The molecule has 0 N–H and O–H groups in total. The van der Waals surface area contributed by atoms with E-state index >= 15 is 0 Å². The smallest absolute Gasteiger partial charge is 0.174 e. The molecule has 0 aliphatic heterocycles. The number of rotatable bonds is 2. The quantitative estimate of drug-likeness (QED) is 0.628. The minimum Gasteiger partial charge on any atom is -0.174 e. The van der Waals surface area contributed by atoms with E-state index in [0.29, 0.717) is 0 Å². The molecule has 1 heteroatoms. The Labute approximate surface area is 146 Å². The molecule has 0 amide bonds. The van der Waals surface area contributed by atoms with Gasteiger partial charge in [-0.05, 0) is 12.8 Å². The van der Waals surface area contributed by atoms with Gasteiger partial charge in [-0.15, -0.1) is 70.8 Å². The van der Waals surface area contributed by atoms with E-state index in [1.165, 1.54) is 22.3 Å². The molecule has 0 nitrogen and oxygen atoms in total.